The van der Waals surface area contributed by atoms with Crippen molar-refractivity contribution >= 4 is 18.3 Å². The van der Waals surface area contributed by atoms with Crippen molar-refractivity contribution in [2.45, 2.75) is 37.0 Å². The van der Waals surface area contributed by atoms with Crippen molar-refractivity contribution in [2.75, 3.05) is 26.2 Å². The van der Waals surface area contributed by atoms with E-state index in [0.717, 1.165) is 38.2 Å². The molecule has 1 N–H and O–H groups in total. The summed E-state index contributed by atoms with van der Waals surface area (Å²) in [5.41, 5.74) is 4.19. The Morgan fingerprint density at radius 1 is 0.674 bits per heavy atom. The van der Waals surface area contributed by atoms with E-state index in [2.05, 4.69) is 101 Å². The normalized spacial score (nSPS) is 13.8. The van der Waals surface area contributed by atoms with E-state index in [-0.39, 0.29) is 23.7 Å². The second-order valence-corrected chi connectivity index (χ2v) is 12.1. The summed E-state index contributed by atoms with van der Waals surface area (Å²) in [4.78, 5) is 16.2. The van der Waals surface area contributed by atoms with Crippen molar-refractivity contribution in [3.8, 4) is 11.5 Å². The second kappa shape index (κ2) is 16.3. The average Bonchev–Trinajstić information content (AvgIpc) is 3.12. The zero-order valence-corrected chi connectivity index (χ0v) is 27.1. The van der Waals surface area contributed by atoms with Gasteiger partial charge in [0.15, 0.2) is 0 Å². The molecule has 0 aliphatic carbocycles. The summed E-state index contributed by atoms with van der Waals surface area (Å²) in [6.45, 7) is 3.83. The van der Waals surface area contributed by atoms with E-state index in [9.17, 15) is 4.79 Å². The number of carbonyl (C=O) groups excluding carboxylic acids is 1. The van der Waals surface area contributed by atoms with Gasteiger partial charge in [0.05, 0.1) is 0 Å². The Labute approximate surface area is 279 Å². The van der Waals surface area contributed by atoms with Gasteiger partial charge in [-0.05, 0) is 104 Å². The van der Waals surface area contributed by atoms with Crippen molar-refractivity contribution in [3.63, 3.8) is 0 Å². The zero-order chi connectivity index (χ0) is 30.7. The first-order valence-corrected chi connectivity index (χ1v) is 16.2. The van der Waals surface area contributed by atoms with Crippen LogP contribution in [0.3, 0.4) is 0 Å². The maximum absolute atomic E-state index is 13.5. The minimum Gasteiger partial charge on any atom is -0.457 e. The van der Waals surface area contributed by atoms with E-state index < -0.39 is 0 Å². The molecular formula is C41H43ClN2O2. The minimum atomic E-state index is -0.350. The fraction of sp³-hybridized carbons (Fsp3) is 0.244. The Bertz CT molecular complexity index is 1570. The topological polar surface area (TPSA) is 41.6 Å². The molecule has 5 aromatic rings. The summed E-state index contributed by atoms with van der Waals surface area (Å²) in [5, 5.41) is 3.33. The molecule has 46 heavy (non-hydrogen) atoms. The summed E-state index contributed by atoms with van der Waals surface area (Å²) in [6, 6.07) is 49.4. The van der Waals surface area contributed by atoms with Gasteiger partial charge in [-0.3, -0.25) is 4.79 Å². The van der Waals surface area contributed by atoms with Crippen molar-refractivity contribution in [1.29, 1.82) is 0 Å². The number of piperidine rings is 1. The molecule has 0 bridgehead atoms. The lowest BCUT2D eigenvalue weighted by Crippen LogP contribution is -2.42. The predicted octanol–water partition coefficient (Wildman–Crippen LogP) is 9.28. The van der Waals surface area contributed by atoms with Crippen LogP contribution in [0.25, 0.3) is 0 Å². The maximum atomic E-state index is 13.5. The Kier molecular flexibility index (Phi) is 11.7. The van der Waals surface area contributed by atoms with Crippen molar-refractivity contribution in [1.82, 2.24) is 10.2 Å². The molecule has 1 aliphatic heterocycles. The monoisotopic (exact) mass is 630 g/mol. The van der Waals surface area contributed by atoms with Gasteiger partial charge in [-0.25, -0.2) is 0 Å². The van der Waals surface area contributed by atoms with Crippen LogP contribution < -0.4 is 10.1 Å². The molecule has 0 saturated carbocycles. The summed E-state index contributed by atoms with van der Waals surface area (Å²) in [7, 11) is 0. The van der Waals surface area contributed by atoms with Crippen LogP contribution in [0.15, 0.2) is 146 Å². The number of nitrogens with zero attached hydrogens (tertiary/aromatic N) is 1. The van der Waals surface area contributed by atoms with E-state index in [1.165, 1.54) is 29.5 Å². The standard InChI is InChI=1S/C41H42N2O2.ClH/c44-40(35-22-24-39(25-23-35)45-38-20-11-4-12-21-38)42-32-41(36-16-7-2-8-17-36,37-18-9-3-10-19-37)28-13-29-43-30-26-34(27-31-43)33-14-5-1-6-15-33;/h1-12,14-25,34H,13,26-32H2,(H,42,44);1H. The van der Waals surface area contributed by atoms with Crippen LogP contribution in [-0.4, -0.2) is 37.0 Å². The summed E-state index contributed by atoms with van der Waals surface area (Å²) in [6.07, 6.45) is 4.39. The first-order chi connectivity index (χ1) is 22.2. The molecule has 1 aliphatic rings. The maximum Gasteiger partial charge on any atom is 0.251 e. The van der Waals surface area contributed by atoms with E-state index in [0.29, 0.717) is 23.8 Å². The number of rotatable bonds is 12. The molecule has 5 aromatic carbocycles. The van der Waals surface area contributed by atoms with Gasteiger partial charge in [0.1, 0.15) is 11.5 Å². The molecule has 236 valence electrons. The third kappa shape index (κ3) is 8.25. The number of likely N-dealkylation sites (tertiary alicyclic amines) is 1. The fourth-order valence-corrected chi connectivity index (χ4v) is 6.71. The Balaban J connectivity index is 0.00000417. The van der Waals surface area contributed by atoms with Gasteiger partial charge in [0, 0.05) is 17.5 Å². The van der Waals surface area contributed by atoms with Crippen LogP contribution in [0.4, 0.5) is 0 Å². The summed E-state index contributed by atoms with van der Waals surface area (Å²) >= 11 is 0. The number of para-hydroxylation sites is 1. The van der Waals surface area contributed by atoms with Gasteiger partial charge >= 0.3 is 0 Å². The van der Waals surface area contributed by atoms with Gasteiger partial charge in [-0.1, -0.05) is 109 Å². The molecule has 1 saturated heterocycles. The molecule has 0 spiro atoms. The lowest BCUT2D eigenvalue weighted by molar-refractivity contribution is 0.0944. The largest absolute Gasteiger partial charge is 0.457 e. The number of benzene rings is 5. The zero-order valence-electron chi connectivity index (χ0n) is 26.3. The lowest BCUT2D eigenvalue weighted by Gasteiger charge is -2.37. The molecule has 1 heterocycles. The molecule has 5 heteroatoms. The smallest absolute Gasteiger partial charge is 0.251 e. The number of amides is 1. The number of hydrogen-bond donors (Lipinski definition) is 1. The number of ether oxygens (including phenoxy) is 1. The highest BCUT2D eigenvalue weighted by Crippen LogP contribution is 2.37. The molecule has 0 aromatic heterocycles. The van der Waals surface area contributed by atoms with Crippen LogP contribution in [0, 0.1) is 0 Å². The minimum absolute atomic E-state index is 0. The van der Waals surface area contributed by atoms with Crippen LogP contribution >= 0.6 is 12.4 Å². The molecular weight excluding hydrogens is 588 g/mol. The lowest BCUT2D eigenvalue weighted by atomic mass is 9.71. The van der Waals surface area contributed by atoms with Crippen molar-refractivity contribution in [2.24, 2.45) is 0 Å². The Hall–Kier alpha value is -4.38. The van der Waals surface area contributed by atoms with Crippen LogP contribution in [-0.2, 0) is 5.41 Å². The molecule has 0 radical (unpaired) electrons. The molecule has 6 rings (SSSR count). The first-order valence-electron chi connectivity index (χ1n) is 16.2. The van der Waals surface area contributed by atoms with Gasteiger partial charge in [0.2, 0.25) is 0 Å². The van der Waals surface area contributed by atoms with Gasteiger partial charge in [-0.2, -0.15) is 0 Å². The summed E-state index contributed by atoms with van der Waals surface area (Å²) < 4.78 is 5.93. The number of hydrogen-bond acceptors (Lipinski definition) is 3. The van der Waals surface area contributed by atoms with E-state index >= 15 is 0 Å². The van der Waals surface area contributed by atoms with E-state index in [4.69, 9.17) is 4.74 Å². The molecule has 1 fully saturated rings. The van der Waals surface area contributed by atoms with Crippen molar-refractivity contribution < 1.29 is 9.53 Å². The van der Waals surface area contributed by atoms with E-state index in [1.54, 1.807) is 0 Å². The Morgan fingerprint density at radius 3 is 1.74 bits per heavy atom. The highest BCUT2D eigenvalue weighted by atomic mass is 35.5. The molecule has 1 amide bonds. The van der Waals surface area contributed by atoms with Gasteiger partial charge < -0.3 is 15.0 Å². The molecule has 4 nitrogen and oxygen atoms in total. The van der Waals surface area contributed by atoms with E-state index in [1.807, 2.05) is 54.6 Å². The fourth-order valence-electron chi connectivity index (χ4n) is 6.71. The SMILES string of the molecule is Cl.O=C(NCC(CCCN1CCC(c2ccccc2)CC1)(c1ccccc1)c1ccccc1)c1ccc(Oc2ccccc2)cc1. The van der Waals surface area contributed by atoms with Crippen LogP contribution in [0.1, 0.15) is 58.6 Å². The van der Waals surface area contributed by atoms with Gasteiger partial charge in [0.25, 0.3) is 5.91 Å². The second-order valence-electron chi connectivity index (χ2n) is 12.1. The highest BCUT2D eigenvalue weighted by Gasteiger charge is 2.35. The summed E-state index contributed by atoms with van der Waals surface area (Å²) in [5.74, 6) is 2.05. The molecule has 0 unspecified atom stereocenters. The Morgan fingerprint density at radius 2 is 1.17 bits per heavy atom. The third-order valence-corrected chi connectivity index (χ3v) is 9.24. The molecule has 0 atom stereocenters. The number of halogens is 1. The number of carbonyl (C=O) groups is 1. The predicted molar refractivity (Wildman–Crippen MR) is 190 cm³/mol. The third-order valence-electron chi connectivity index (χ3n) is 9.24. The van der Waals surface area contributed by atoms with Crippen molar-refractivity contribution in [3.05, 3.63) is 168 Å². The highest BCUT2D eigenvalue weighted by molar-refractivity contribution is 5.94. The van der Waals surface area contributed by atoms with Crippen LogP contribution in [0.2, 0.25) is 0 Å². The van der Waals surface area contributed by atoms with Gasteiger partial charge in [-0.15, -0.1) is 12.4 Å². The number of nitrogens with one attached hydrogen (secondary N) is 1. The first kappa shape index (κ1) is 33.0. The quantitative estimate of drug-likeness (QED) is 0.149. The van der Waals surface area contributed by atoms with Crippen LogP contribution in [0.5, 0.6) is 11.5 Å². The average molecular weight is 631 g/mol.